The maximum atomic E-state index is 13.1. The van der Waals surface area contributed by atoms with Crippen molar-refractivity contribution in [2.45, 2.75) is 39.3 Å². The van der Waals surface area contributed by atoms with Gasteiger partial charge < -0.3 is 24.5 Å². The number of nitrogens with zero attached hydrogens (tertiary/aromatic N) is 1. The molecule has 1 amide bonds. The molecule has 6 heteroatoms. The van der Waals surface area contributed by atoms with Crippen LogP contribution < -0.4 is 5.32 Å². The first-order valence-electron chi connectivity index (χ1n) is 9.30. The summed E-state index contributed by atoms with van der Waals surface area (Å²) in [6.07, 6.45) is 2.55. The van der Waals surface area contributed by atoms with Crippen molar-refractivity contribution in [3.63, 3.8) is 0 Å². The smallest absolute Gasteiger partial charge is 0.254 e. The first-order valence-corrected chi connectivity index (χ1v) is 9.30. The van der Waals surface area contributed by atoms with E-state index < -0.39 is 0 Å². The van der Waals surface area contributed by atoms with Gasteiger partial charge in [-0.3, -0.25) is 4.79 Å². The second-order valence-electron chi connectivity index (χ2n) is 7.32. The van der Waals surface area contributed by atoms with E-state index in [0.717, 1.165) is 16.6 Å². The third-order valence-corrected chi connectivity index (χ3v) is 5.13. The van der Waals surface area contributed by atoms with E-state index >= 15 is 0 Å². The predicted molar refractivity (Wildman–Crippen MR) is 105 cm³/mol. The molecule has 6 nitrogen and oxygen atoms in total. The molecular weight excluding hydrogens is 344 g/mol. The standard InChI is InChI=1S/C21H28N2O4/c1-13(2)7-10-27-19-12-26-9-8-17(19)22-21(25)20-14(3)23(4)18-6-5-15(24)11-16(18)20/h5-7,11,17,19,24H,8-10,12H2,1-4H3,(H,22,25)/t17-,19-/m1/s1. The summed E-state index contributed by atoms with van der Waals surface area (Å²) in [4.78, 5) is 13.1. The van der Waals surface area contributed by atoms with Crippen LogP contribution in [0.1, 0.15) is 36.3 Å². The molecule has 2 aromatic rings. The topological polar surface area (TPSA) is 72.7 Å². The Kier molecular flexibility index (Phi) is 5.87. The second-order valence-corrected chi connectivity index (χ2v) is 7.32. The van der Waals surface area contributed by atoms with Gasteiger partial charge in [0.05, 0.1) is 24.8 Å². The highest BCUT2D eigenvalue weighted by molar-refractivity contribution is 6.08. The van der Waals surface area contributed by atoms with Crippen molar-refractivity contribution < 1.29 is 19.4 Å². The van der Waals surface area contributed by atoms with Crippen molar-refractivity contribution in [2.24, 2.45) is 7.05 Å². The van der Waals surface area contributed by atoms with Crippen molar-refractivity contribution in [3.8, 4) is 5.75 Å². The average molecular weight is 372 g/mol. The molecule has 2 atom stereocenters. The number of phenols is 1. The fraction of sp³-hybridized carbons (Fsp3) is 0.476. The maximum Gasteiger partial charge on any atom is 0.254 e. The summed E-state index contributed by atoms with van der Waals surface area (Å²) in [7, 11) is 1.92. The van der Waals surface area contributed by atoms with E-state index in [1.807, 2.05) is 44.5 Å². The van der Waals surface area contributed by atoms with Gasteiger partial charge in [0.1, 0.15) is 11.9 Å². The summed E-state index contributed by atoms with van der Waals surface area (Å²) < 4.78 is 13.4. The van der Waals surface area contributed by atoms with Crippen LogP contribution in [0.15, 0.2) is 29.8 Å². The van der Waals surface area contributed by atoms with Crippen LogP contribution in [0.2, 0.25) is 0 Å². The summed E-state index contributed by atoms with van der Waals surface area (Å²) in [5.74, 6) is 0.00237. The minimum atomic E-state index is -0.179. The Morgan fingerprint density at radius 2 is 2.22 bits per heavy atom. The normalized spacial score (nSPS) is 19.9. The van der Waals surface area contributed by atoms with Crippen LogP contribution in [0.5, 0.6) is 5.75 Å². The molecule has 1 aliphatic heterocycles. The quantitative estimate of drug-likeness (QED) is 0.791. The molecule has 0 unspecified atom stereocenters. The molecule has 0 aliphatic carbocycles. The lowest BCUT2D eigenvalue weighted by molar-refractivity contribution is -0.0589. The Hall–Kier alpha value is -2.31. The van der Waals surface area contributed by atoms with Crippen molar-refractivity contribution in [1.29, 1.82) is 0 Å². The lowest BCUT2D eigenvalue weighted by Crippen LogP contribution is -2.50. The Morgan fingerprint density at radius 1 is 1.44 bits per heavy atom. The minimum absolute atomic E-state index is 0.108. The third kappa shape index (κ3) is 4.17. The third-order valence-electron chi connectivity index (χ3n) is 5.13. The number of nitrogens with one attached hydrogen (secondary N) is 1. The van der Waals surface area contributed by atoms with Gasteiger partial charge in [-0.05, 0) is 45.4 Å². The van der Waals surface area contributed by atoms with Crippen LogP contribution in [0.3, 0.4) is 0 Å². The van der Waals surface area contributed by atoms with Crippen molar-refractivity contribution in [2.75, 3.05) is 19.8 Å². The zero-order valence-corrected chi connectivity index (χ0v) is 16.4. The molecule has 146 valence electrons. The number of aromatic hydroxyl groups is 1. The fourth-order valence-corrected chi connectivity index (χ4v) is 3.47. The number of carbonyl (C=O) groups is 1. The first kappa shape index (κ1) is 19.5. The average Bonchev–Trinajstić information content (AvgIpc) is 2.86. The number of phenolic OH excluding ortho intramolecular Hbond substituents is 1. The molecule has 2 N–H and O–H groups in total. The molecule has 1 saturated heterocycles. The van der Waals surface area contributed by atoms with E-state index in [0.29, 0.717) is 31.8 Å². The molecular formula is C21H28N2O4. The highest BCUT2D eigenvalue weighted by atomic mass is 16.5. The van der Waals surface area contributed by atoms with Gasteiger partial charge in [0, 0.05) is 30.3 Å². The van der Waals surface area contributed by atoms with E-state index in [1.165, 1.54) is 5.57 Å². The van der Waals surface area contributed by atoms with E-state index in [4.69, 9.17) is 9.47 Å². The Bertz CT molecular complexity index is 865. The molecule has 0 bridgehead atoms. The number of hydrogen-bond donors (Lipinski definition) is 2. The number of allylic oxidation sites excluding steroid dienone is 1. The summed E-state index contributed by atoms with van der Waals surface area (Å²) in [5.41, 5.74) is 3.57. The zero-order valence-electron chi connectivity index (χ0n) is 16.4. The van der Waals surface area contributed by atoms with Crippen molar-refractivity contribution in [1.82, 2.24) is 9.88 Å². The Morgan fingerprint density at radius 3 is 2.96 bits per heavy atom. The highest BCUT2D eigenvalue weighted by Crippen LogP contribution is 2.28. The predicted octanol–water partition coefficient (Wildman–Crippen LogP) is 3.06. The van der Waals surface area contributed by atoms with Gasteiger partial charge in [0.25, 0.3) is 5.91 Å². The lowest BCUT2D eigenvalue weighted by Gasteiger charge is -2.32. The Balaban J connectivity index is 1.81. The van der Waals surface area contributed by atoms with E-state index in [9.17, 15) is 9.90 Å². The number of fused-ring (bicyclic) bond motifs is 1. The molecule has 1 aromatic heterocycles. The van der Waals surface area contributed by atoms with Gasteiger partial charge in [-0.25, -0.2) is 0 Å². The minimum Gasteiger partial charge on any atom is -0.508 e. The van der Waals surface area contributed by atoms with Crippen molar-refractivity contribution >= 4 is 16.8 Å². The number of aryl methyl sites for hydroxylation is 1. The number of benzene rings is 1. The fourth-order valence-electron chi connectivity index (χ4n) is 3.47. The van der Waals surface area contributed by atoms with Crippen LogP contribution in [0.4, 0.5) is 0 Å². The van der Waals surface area contributed by atoms with E-state index in [2.05, 4.69) is 5.32 Å². The highest BCUT2D eigenvalue weighted by Gasteiger charge is 2.29. The second kappa shape index (κ2) is 8.15. The molecule has 1 fully saturated rings. The van der Waals surface area contributed by atoms with E-state index in [-0.39, 0.29) is 23.8 Å². The monoisotopic (exact) mass is 372 g/mol. The number of hydrogen-bond acceptors (Lipinski definition) is 4. The van der Waals surface area contributed by atoms with Gasteiger partial charge in [-0.15, -0.1) is 0 Å². The molecule has 0 radical (unpaired) electrons. The van der Waals surface area contributed by atoms with Gasteiger partial charge in [-0.1, -0.05) is 11.6 Å². The van der Waals surface area contributed by atoms with Crippen molar-refractivity contribution in [3.05, 3.63) is 41.1 Å². The number of rotatable bonds is 5. The molecule has 1 aliphatic rings. The molecule has 0 spiro atoms. The summed E-state index contributed by atoms with van der Waals surface area (Å²) in [6, 6.07) is 5.00. The lowest BCUT2D eigenvalue weighted by atomic mass is 10.0. The zero-order chi connectivity index (χ0) is 19.6. The SMILES string of the molecule is CC(C)=CCO[C@@H]1COCC[C@H]1NC(=O)c1c(C)n(C)c2ccc(O)cc12. The molecule has 2 heterocycles. The number of amides is 1. The van der Waals surface area contributed by atoms with Crippen LogP contribution in [0.25, 0.3) is 10.9 Å². The van der Waals surface area contributed by atoms with Gasteiger partial charge >= 0.3 is 0 Å². The Labute approximate surface area is 159 Å². The van der Waals surface area contributed by atoms with Gasteiger partial charge in [0.15, 0.2) is 0 Å². The number of ether oxygens (including phenoxy) is 2. The van der Waals surface area contributed by atoms with Gasteiger partial charge in [0.2, 0.25) is 0 Å². The van der Waals surface area contributed by atoms with Crippen LogP contribution in [-0.4, -0.2) is 47.5 Å². The molecule has 3 rings (SSSR count). The molecule has 1 aromatic carbocycles. The first-order chi connectivity index (χ1) is 12.9. The maximum absolute atomic E-state index is 13.1. The summed E-state index contributed by atoms with van der Waals surface area (Å²) in [5, 5.41) is 13.7. The van der Waals surface area contributed by atoms with Crippen LogP contribution >= 0.6 is 0 Å². The largest absolute Gasteiger partial charge is 0.508 e. The number of carbonyl (C=O) groups excluding carboxylic acids is 1. The molecule has 0 saturated carbocycles. The van der Waals surface area contributed by atoms with Crippen LogP contribution in [-0.2, 0) is 16.5 Å². The number of aromatic nitrogens is 1. The van der Waals surface area contributed by atoms with Gasteiger partial charge in [-0.2, -0.15) is 0 Å². The summed E-state index contributed by atoms with van der Waals surface area (Å²) in [6.45, 7) is 7.54. The summed E-state index contributed by atoms with van der Waals surface area (Å²) >= 11 is 0. The molecule has 27 heavy (non-hydrogen) atoms. The van der Waals surface area contributed by atoms with E-state index in [1.54, 1.807) is 12.1 Å². The van der Waals surface area contributed by atoms with Crippen LogP contribution in [0, 0.1) is 6.92 Å².